The van der Waals surface area contributed by atoms with E-state index in [0.29, 0.717) is 16.8 Å². The molecule has 6 nitrogen and oxygen atoms in total. The summed E-state index contributed by atoms with van der Waals surface area (Å²) in [7, 11) is 3.49. The summed E-state index contributed by atoms with van der Waals surface area (Å²) in [5, 5.41) is 8.34. The standard InChI is InChI=1S/C17H23ClN4O2/c1-11(13-6-15(18)17(23-3)20-8-13)19-7-12-4-5-24-16(12)14-9-21-22(2)10-14/h6,8-12,16,19H,4-5,7H2,1-3H3/t11?,12-,16+/m0/s1. The summed E-state index contributed by atoms with van der Waals surface area (Å²) in [5.74, 6) is 0.881. The molecule has 24 heavy (non-hydrogen) atoms. The van der Waals surface area contributed by atoms with Crippen molar-refractivity contribution < 1.29 is 9.47 Å². The highest BCUT2D eigenvalue weighted by atomic mass is 35.5. The number of hydrogen-bond acceptors (Lipinski definition) is 5. The molecule has 0 bridgehead atoms. The highest BCUT2D eigenvalue weighted by molar-refractivity contribution is 6.31. The van der Waals surface area contributed by atoms with Gasteiger partial charge in [0.15, 0.2) is 0 Å². The van der Waals surface area contributed by atoms with Crippen molar-refractivity contribution in [3.63, 3.8) is 0 Å². The Hall–Kier alpha value is -1.63. The molecule has 2 aromatic heterocycles. The Labute approximate surface area is 147 Å². The van der Waals surface area contributed by atoms with E-state index in [1.54, 1.807) is 13.3 Å². The molecule has 3 rings (SSSR count). The molecule has 1 unspecified atom stereocenters. The molecular weight excluding hydrogens is 328 g/mol. The van der Waals surface area contributed by atoms with Gasteiger partial charge in [-0.15, -0.1) is 0 Å². The first-order chi connectivity index (χ1) is 11.6. The van der Waals surface area contributed by atoms with Crippen molar-refractivity contribution in [2.45, 2.75) is 25.5 Å². The average molecular weight is 351 g/mol. The van der Waals surface area contributed by atoms with Crippen LogP contribution in [0.4, 0.5) is 0 Å². The zero-order valence-electron chi connectivity index (χ0n) is 14.2. The molecule has 3 atom stereocenters. The van der Waals surface area contributed by atoms with Crippen LogP contribution < -0.4 is 10.1 Å². The summed E-state index contributed by atoms with van der Waals surface area (Å²) in [6.07, 6.45) is 6.86. The zero-order chi connectivity index (χ0) is 17.1. The molecule has 0 spiro atoms. The van der Waals surface area contributed by atoms with Crippen LogP contribution in [0.1, 0.15) is 36.6 Å². The van der Waals surface area contributed by atoms with Crippen molar-refractivity contribution in [2.24, 2.45) is 13.0 Å². The molecule has 0 radical (unpaired) electrons. The minimum Gasteiger partial charge on any atom is -0.480 e. The van der Waals surface area contributed by atoms with Crippen molar-refractivity contribution in [1.29, 1.82) is 0 Å². The van der Waals surface area contributed by atoms with Crippen molar-refractivity contribution in [3.05, 3.63) is 40.8 Å². The fraction of sp³-hybridized carbons (Fsp3) is 0.529. The van der Waals surface area contributed by atoms with Gasteiger partial charge in [-0.3, -0.25) is 4.68 Å². The molecule has 2 aromatic rings. The second kappa shape index (κ2) is 7.51. The van der Waals surface area contributed by atoms with Crippen molar-refractivity contribution in [1.82, 2.24) is 20.1 Å². The fourth-order valence-electron chi connectivity index (χ4n) is 3.07. The number of hydrogen-bond donors (Lipinski definition) is 1. The summed E-state index contributed by atoms with van der Waals surface area (Å²) in [6, 6.07) is 2.05. The van der Waals surface area contributed by atoms with Gasteiger partial charge >= 0.3 is 0 Å². The van der Waals surface area contributed by atoms with Crippen molar-refractivity contribution in [3.8, 4) is 5.88 Å². The lowest BCUT2D eigenvalue weighted by atomic mass is 9.97. The SMILES string of the molecule is COc1ncc(C(C)NC[C@@H]2CCO[C@H]2c2cnn(C)c2)cc1Cl. The third kappa shape index (κ3) is 3.71. The first-order valence-corrected chi connectivity index (χ1v) is 8.49. The van der Waals surface area contributed by atoms with Gasteiger partial charge in [0.05, 0.1) is 19.4 Å². The Bertz CT molecular complexity index is 691. The summed E-state index contributed by atoms with van der Waals surface area (Å²) < 4.78 is 12.8. The Morgan fingerprint density at radius 2 is 2.33 bits per heavy atom. The summed E-state index contributed by atoms with van der Waals surface area (Å²) in [4.78, 5) is 4.23. The molecule has 3 heterocycles. The number of pyridine rings is 1. The Kier molecular flexibility index (Phi) is 5.38. The van der Waals surface area contributed by atoms with Gasteiger partial charge in [0.25, 0.3) is 0 Å². The van der Waals surface area contributed by atoms with E-state index in [2.05, 4.69) is 22.3 Å². The minimum absolute atomic E-state index is 0.107. The normalized spacial score (nSPS) is 21.8. The maximum Gasteiger partial charge on any atom is 0.232 e. The molecule has 1 N–H and O–H groups in total. The Morgan fingerprint density at radius 3 is 3.00 bits per heavy atom. The van der Waals surface area contributed by atoms with E-state index < -0.39 is 0 Å². The van der Waals surface area contributed by atoms with Gasteiger partial charge in [0.1, 0.15) is 5.02 Å². The second-order valence-corrected chi connectivity index (χ2v) is 6.58. The monoisotopic (exact) mass is 350 g/mol. The molecule has 1 aliphatic heterocycles. The molecule has 1 aliphatic rings. The van der Waals surface area contributed by atoms with E-state index >= 15 is 0 Å². The number of aryl methyl sites for hydroxylation is 1. The number of rotatable bonds is 6. The highest BCUT2D eigenvalue weighted by Crippen LogP contribution is 2.34. The maximum absolute atomic E-state index is 6.16. The number of nitrogens with zero attached hydrogens (tertiary/aromatic N) is 3. The predicted octanol–water partition coefficient (Wildman–Crippen LogP) is 2.91. The van der Waals surface area contributed by atoms with Gasteiger partial charge in [-0.05, 0) is 25.0 Å². The van der Waals surface area contributed by atoms with Crippen LogP contribution in [0.3, 0.4) is 0 Å². The van der Waals surface area contributed by atoms with Crippen LogP contribution in [0.2, 0.25) is 5.02 Å². The van der Waals surface area contributed by atoms with Crippen LogP contribution in [-0.4, -0.2) is 35.0 Å². The minimum atomic E-state index is 0.107. The highest BCUT2D eigenvalue weighted by Gasteiger charge is 2.30. The topological polar surface area (TPSA) is 61.2 Å². The molecule has 0 aromatic carbocycles. The fourth-order valence-corrected chi connectivity index (χ4v) is 3.32. The lowest BCUT2D eigenvalue weighted by Gasteiger charge is -2.21. The lowest BCUT2D eigenvalue weighted by molar-refractivity contribution is 0.0899. The van der Waals surface area contributed by atoms with Crippen LogP contribution in [-0.2, 0) is 11.8 Å². The van der Waals surface area contributed by atoms with Gasteiger partial charge in [0.2, 0.25) is 5.88 Å². The van der Waals surface area contributed by atoms with Crippen LogP contribution in [0.5, 0.6) is 5.88 Å². The van der Waals surface area contributed by atoms with E-state index in [0.717, 1.165) is 30.7 Å². The first kappa shape index (κ1) is 17.2. The summed E-state index contributed by atoms with van der Waals surface area (Å²) in [5.41, 5.74) is 2.18. The Balaban J connectivity index is 1.61. The Morgan fingerprint density at radius 1 is 1.50 bits per heavy atom. The van der Waals surface area contributed by atoms with Gasteiger partial charge in [-0.1, -0.05) is 11.6 Å². The van der Waals surface area contributed by atoms with Crippen LogP contribution in [0.15, 0.2) is 24.7 Å². The number of ether oxygens (including phenoxy) is 2. The number of methoxy groups -OCH3 is 1. The third-order valence-corrected chi connectivity index (χ3v) is 4.75. The first-order valence-electron chi connectivity index (χ1n) is 8.11. The molecule has 0 aliphatic carbocycles. The van der Waals surface area contributed by atoms with E-state index in [1.807, 2.05) is 30.2 Å². The van der Waals surface area contributed by atoms with Gasteiger partial charge in [-0.25, -0.2) is 4.98 Å². The largest absolute Gasteiger partial charge is 0.480 e. The van der Waals surface area contributed by atoms with Crippen molar-refractivity contribution >= 4 is 11.6 Å². The van der Waals surface area contributed by atoms with E-state index in [1.165, 1.54) is 0 Å². The average Bonchev–Trinajstić information content (AvgIpc) is 3.20. The quantitative estimate of drug-likeness (QED) is 0.868. The van der Waals surface area contributed by atoms with E-state index in [4.69, 9.17) is 21.1 Å². The van der Waals surface area contributed by atoms with Gasteiger partial charge < -0.3 is 14.8 Å². The smallest absolute Gasteiger partial charge is 0.232 e. The molecular formula is C17H23ClN4O2. The predicted molar refractivity (Wildman–Crippen MR) is 92.2 cm³/mol. The lowest BCUT2D eigenvalue weighted by Crippen LogP contribution is -2.27. The molecule has 0 amide bonds. The summed E-state index contributed by atoms with van der Waals surface area (Å²) >= 11 is 6.16. The van der Waals surface area contributed by atoms with E-state index in [9.17, 15) is 0 Å². The maximum atomic E-state index is 6.16. The number of halogens is 1. The summed E-state index contributed by atoms with van der Waals surface area (Å²) in [6.45, 7) is 3.76. The third-order valence-electron chi connectivity index (χ3n) is 4.48. The van der Waals surface area contributed by atoms with Crippen LogP contribution in [0, 0.1) is 5.92 Å². The number of nitrogens with one attached hydrogen (secondary N) is 1. The second-order valence-electron chi connectivity index (χ2n) is 6.18. The molecule has 1 saturated heterocycles. The molecule has 7 heteroatoms. The van der Waals surface area contributed by atoms with Gasteiger partial charge in [0, 0.05) is 50.1 Å². The molecule has 1 fully saturated rings. The zero-order valence-corrected chi connectivity index (χ0v) is 15.0. The molecule has 130 valence electrons. The van der Waals surface area contributed by atoms with Crippen molar-refractivity contribution in [2.75, 3.05) is 20.3 Å². The van der Waals surface area contributed by atoms with Crippen LogP contribution in [0.25, 0.3) is 0 Å². The van der Waals surface area contributed by atoms with Gasteiger partial charge in [-0.2, -0.15) is 5.10 Å². The van der Waals surface area contributed by atoms with E-state index in [-0.39, 0.29) is 12.1 Å². The number of aromatic nitrogens is 3. The van der Waals surface area contributed by atoms with Crippen LogP contribution >= 0.6 is 11.6 Å². The molecule has 0 saturated carbocycles.